The molecule has 0 aliphatic heterocycles. The third kappa shape index (κ3) is 6.59. The number of nitro groups is 1. The van der Waals surface area contributed by atoms with E-state index in [2.05, 4.69) is 26.6 Å². The molecule has 3 rings (SSSR count). The number of nitrogens with one attached hydrogen (secondary N) is 2. The topological polar surface area (TPSA) is 93.5 Å². The molecule has 158 valence electrons. The summed E-state index contributed by atoms with van der Waals surface area (Å²) >= 11 is 8.58. The van der Waals surface area contributed by atoms with Gasteiger partial charge in [0, 0.05) is 29.8 Å². The largest absolute Gasteiger partial charge is 0.492 e. The van der Waals surface area contributed by atoms with Crippen LogP contribution < -0.4 is 15.4 Å². The van der Waals surface area contributed by atoms with E-state index in [0.29, 0.717) is 28.1 Å². The van der Waals surface area contributed by atoms with Crippen LogP contribution in [0.5, 0.6) is 5.75 Å². The molecule has 0 saturated heterocycles. The van der Waals surface area contributed by atoms with Crippen molar-refractivity contribution in [3.05, 3.63) is 98.5 Å². The van der Waals surface area contributed by atoms with Crippen molar-refractivity contribution in [2.75, 3.05) is 11.9 Å². The van der Waals surface area contributed by atoms with Gasteiger partial charge in [-0.1, -0.05) is 30.3 Å². The molecule has 3 aromatic rings. The number of halogens is 1. The van der Waals surface area contributed by atoms with Gasteiger partial charge in [0.1, 0.15) is 5.75 Å². The Kier molecular flexibility index (Phi) is 7.69. The quantitative estimate of drug-likeness (QED) is 0.266. The molecule has 0 radical (unpaired) electrons. The fourth-order valence-corrected chi connectivity index (χ4v) is 3.39. The number of anilines is 1. The van der Waals surface area contributed by atoms with Crippen molar-refractivity contribution in [2.24, 2.45) is 0 Å². The molecule has 31 heavy (non-hydrogen) atoms. The fraction of sp³-hybridized carbons (Fsp3) is 0.0909. The summed E-state index contributed by atoms with van der Waals surface area (Å²) in [4.78, 5) is 22.7. The minimum Gasteiger partial charge on any atom is -0.492 e. The second-order valence-electron chi connectivity index (χ2n) is 6.44. The van der Waals surface area contributed by atoms with E-state index in [1.54, 1.807) is 18.2 Å². The van der Waals surface area contributed by atoms with Gasteiger partial charge in [-0.2, -0.15) is 0 Å². The zero-order chi connectivity index (χ0) is 22.2. The van der Waals surface area contributed by atoms with Crippen LogP contribution in [-0.2, 0) is 6.42 Å². The Morgan fingerprint density at radius 3 is 2.42 bits per heavy atom. The van der Waals surface area contributed by atoms with E-state index >= 15 is 0 Å². The van der Waals surface area contributed by atoms with Crippen molar-refractivity contribution in [1.82, 2.24) is 5.32 Å². The molecule has 0 heterocycles. The summed E-state index contributed by atoms with van der Waals surface area (Å²) in [6.45, 7) is 0.511. The monoisotopic (exact) mass is 499 g/mol. The summed E-state index contributed by atoms with van der Waals surface area (Å²) in [5.74, 6) is 0.245. The Morgan fingerprint density at radius 1 is 1.06 bits per heavy atom. The molecule has 1 amide bonds. The van der Waals surface area contributed by atoms with Gasteiger partial charge in [0.2, 0.25) is 0 Å². The molecule has 0 spiro atoms. The Balaban J connectivity index is 1.53. The number of amides is 1. The van der Waals surface area contributed by atoms with Crippen LogP contribution >= 0.6 is 28.1 Å². The van der Waals surface area contributed by atoms with Crippen LogP contribution in [0.4, 0.5) is 11.4 Å². The molecule has 0 atom stereocenters. The number of ether oxygens (including phenoxy) is 1. The van der Waals surface area contributed by atoms with Gasteiger partial charge in [-0.3, -0.25) is 20.2 Å². The van der Waals surface area contributed by atoms with E-state index < -0.39 is 10.8 Å². The van der Waals surface area contributed by atoms with Crippen molar-refractivity contribution >= 4 is 50.5 Å². The Hall–Kier alpha value is -3.30. The van der Waals surface area contributed by atoms with Crippen LogP contribution in [0.1, 0.15) is 15.9 Å². The standard InChI is InChI=1S/C22H18BrN3O4S/c23-19-14-16(6-11-20(19)30-13-12-15-4-2-1-3-5-15)21(27)25-22(31)24-17-7-9-18(10-8-17)26(28)29/h1-11,14H,12-13H2,(H2,24,25,27,31). The lowest BCUT2D eigenvalue weighted by Gasteiger charge is -2.12. The minimum atomic E-state index is -0.489. The maximum atomic E-state index is 12.5. The van der Waals surface area contributed by atoms with Gasteiger partial charge in [0.15, 0.2) is 5.11 Å². The van der Waals surface area contributed by atoms with Crippen LogP contribution in [0.2, 0.25) is 0 Å². The fourth-order valence-electron chi connectivity index (χ4n) is 2.69. The average Bonchev–Trinajstić information content (AvgIpc) is 2.76. The number of nitro benzene ring substituents is 1. The zero-order valence-corrected chi connectivity index (χ0v) is 18.6. The van der Waals surface area contributed by atoms with Crippen LogP contribution in [0.25, 0.3) is 0 Å². The highest BCUT2D eigenvalue weighted by molar-refractivity contribution is 9.10. The van der Waals surface area contributed by atoms with Crippen molar-refractivity contribution in [3.8, 4) is 5.75 Å². The van der Waals surface area contributed by atoms with Crippen LogP contribution in [0.15, 0.2) is 77.3 Å². The summed E-state index contributed by atoms with van der Waals surface area (Å²) in [5, 5.41) is 16.2. The normalized spacial score (nSPS) is 10.2. The number of carbonyl (C=O) groups excluding carboxylic acids is 1. The maximum absolute atomic E-state index is 12.5. The van der Waals surface area contributed by atoms with Crippen molar-refractivity contribution in [3.63, 3.8) is 0 Å². The number of benzene rings is 3. The molecule has 3 aromatic carbocycles. The van der Waals surface area contributed by atoms with E-state index in [9.17, 15) is 14.9 Å². The lowest BCUT2D eigenvalue weighted by molar-refractivity contribution is -0.384. The van der Waals surface area contributed by atoms with E-state index in [0.717, 1.165) is 6.42 Å². The SMILES string of the molecule is O=C(NC(=S)Nc1ccc([N+](=O)[O-])cc1)c1ccc(OCCc2ccccc2)c(Br)c1. The van der Waals surface area contributed by atoms with Crippen molar-refractivity contribution < 1.29 is 14.5 Å². The smallest absolute Gasteiger partial charge is 0.269 e. The zero-order valence-electron chi connectivity index (χ0n) is 16.2. The van der Waals surface area contributed by atoms with Gasteiger partial charge in [-0.25, -0.2) is 0 Å². The third-order valence-corrected chi connectivity index (χ3v) is 5.07. The van der Waals surface area contributed by atoms with Gasteiger partial charge in [0.05, 0.1) is 16.0 Å². The number of carbonyl (C=O) groups is 1. The van der Waals surface area contributed by atoms with E-state index in [1.165, 1.54) is 29.8 Å². The van der Waals surface area contributed by atoms with Crippen molar-refractivity contribution in [2.45, 2.75) is 6.42 Å². The number of hydrogen-bond acceptors (Lipinski definition) is 5. The molecule has 9 heteroatoms. The maximum Gasteiger partial charge on any atom is 0.269 e. The molecule has 0 unspecified atom stereocenters. The number of nitrogens with zero attached hydrogens (tertiary/aromatic N) is 1. The van der Waals surface area contributed by atoms with Gasteiger partial charge in [-0.05, 0) is 64.0 Å². The number of hydrogen-bond donors (Lipinski definition) is 2. The van der Waals surface area contributed by atoms with Gasteiger partial charge < -0.3 is 10.1 Å². The predicted molar refractivity (Wildman–Crippen MR) is 127 cm³/mol. The first-order valence-corrected chi connectivity index (χ1v) is 10.5. The molecule has 0 saturated carbocycles. The molecule has 0 aliphatic carbocycles. The molecule has 2 N–H and O–H groups in total. The number of non-ortho nitro benzene ring substituents is 1. The molecule has 7 nitrogen and oxygen atoms in total. The number of rotatable bonds is 7. The van der Waals surface area contributed by atoms with E-state index in [1.807, 2.05) is 30.3 Å². The molecule has 0 bridgehead atoms. The second-order valence-corrected chi connectivity index (χ2v) is 7.70. The predicted octanol–water partition coefficient (Wildman–Crippen LogP) is 5.11. The molecular formula is C22H18BrN3O4S. The first-order valence-electron chi connectivity index (χ1n) is 9.25. The summed E-state index contributed by atoms with van der Waals surface area (Å²) in [6, 6.07) is 20.8. The first kappa shape index (κ1) is 22.4. The Labute approximate surface area is 192 Å². The average molecular weight is 500 g/mol. The Bertz CT molecular complexity index is 1090. The lowest BCUT2D eigenvalue weighted by Crippen LogP contribution is -2.34. The summed E-state index contributed by atoms with van der Waals surface area (Å²) in [7, 11) is 0. The van der Waals surface area contributed by atoms with E-state index in [-0.39, 0.29) is 10.8 Å². The molecular weight excluding hydrogens is 482 g/mol. The molecule has 0 aromatic heterocycles. The third-order valence-electron chi connectivity index (χ3n) is 4.25. The summed E-state index contributed by atoms with van der Waals surface area (Å²) < 4.78 is 6.45. The summed E-state index contributed by atoms with van der Waals surface area (Å²) in [6.07, 6.45) is 0.776. The van der Waals surface area contributed by atoms with Crippen molar-refractivity contribution in [1.29, 1.82) is 0 Å². The molecule has 0 fully saturated rings. The van der Waals surface area contributed by atoms with Crippen LogP contribution in [-0.4, -0.2) is 22.5 Å². The first-order chi connectivity index (χ1) is 14.9. The second kappa shape index (κ2) is 10.6. The number of thiocarbonyl (C=S) groups is 1. The van der Waals surface area contributed by atoms with Crippen LogP contribution in [0, 0.1) is 10.1 Å². The van der Waals surface area contributed by atoms with Gasteiger partial charge in [-0.15, -0.1) is 0 Å². The highest BCUT2D eigenvalue weighted by atomic mass is 79.9. The highest BCUT2D eigenvalue weighted by Crippen LogP contribution is 2.26. The Morgan fingerprint density at radius 2 is 1.77 bits per heavy atom. The highest BCUT2D eigenvalue weighted by Gasteiger charge is 2.12. The lowest BCUT2D eigenvalue weighted by atomic mass is 10.2. The van der Waals surface area contributed by atoms with E-state index in [4.69, 9.17) is 17.0 Å². The molecule has 0 aliphatic rings. The van der Waals surface area contributed by atoms with Crippen LogP contribution in [0.3, 0.4) is 0 Å². The van der Waals surface area contributed by atoms with Gasteiger partial charge in [0.25, 0.3) is 11.6 Å². The van der Waals surface area contributed by atoms with Gasteiger partial charge >= 0.3 is 0 Å². The minimum absolute atomic E-state index is 0.0311. The summed E-state index contributed by atoms with van der Waals surface area (Å²) in [5.41, 5.74) is 2.08.